The minimum Gasteiger partial charge on any atom is -0.493 e. The van der Waals surface area contributed by atoms with Gasteiger partial charge in [-0.05, 0) is 61.8 Å². The Labute approximate surface area is 276 Å². The highest BCUT2D eigenvalue weighted by Gasteiger charge is 2.31. The highest BCUT2D eigenvalue weighted by molar-refractivity contribution is 5.95. The Balaban J connectivity index is 1.88. The van der Waals surface area contributed by atoms with Crippen molar-refractivity contribution in [3.8, 4) is 11.5 Å². The van der Waals surface area contributed by atoms with Crippen LogP contribution < -0.4 is 41.8 Å². The van der Waals surface area contributed by atoms with Gasteiger partial charge in [-0.25, -0.2) is 0 Å². The maximum absolute atomic E-state index is 13.7. The second-order valence-electron chi connectivity index (χ2n) is 12.0. The Bertz CT molecular complexity index is 1370. The summed E-state index contributed by atoms with van der Waals surface area (Å²) in [6, 6.07) is 10.8. The van der Waals surface area contributed by atoms with Gasteiger partial charge in [-0.1, -0.05) is 50.2 Å². The van der Waals surface area contributed by atoms with Crippen molar-refractivity contribution in [3.05, 3.63) is 59.7 Å². The smallest absolute Gasteiger partial charge is 0.257 e. The zero-order valence-corrected chi connectivity index (χ0v) is 27.6. The molecule has 1 aliphatic rings. The fraction of sp³-hybridized carbons (Fsp3) is 0.500. The second-order valence-corrected chi connectivity index (χ2v) is 12.0. The number of fused-ring (bicyclic) bond motifs is 2. The largest absolute Gasteiger partial charge is 0.493 e. The molecule has 1 heterocycles. The van der Waals surface area contributed by atoms with Gasteiger partial charge >= 0.3 is 0 Å². The van der Waals surface area contributed by atoms with E-state index in [1.54, 1.807) is 12.1 Å². The molecule has 3 rings (SSSR count). The molecule has 0 saturated heterocycles. The van der Waals surface area contributed by atoms with Gasteiger partial charge in [-0.3, -0.25) is 24.0 Å². The number of carbonyl (C=O) groups excluding carboxylic acids is 5. The van der Waals surface area contributed by atoms with Crippen LogP contribution in [0.25, 0.3) is 0 Å². The van der Waals surface area contributed by atoms with Crippen LogP contribution in [0.1, 0.15) is 51.2 Å². The van der Waals surface area contributed by atoms with Crippen LogP contribution in [0.2, 0.25) is 0 Å². The number of hydrogen-bond donors (Lipinski definition) is 6. The summed E-state index contributed by atoms with van der Waals surface area (Å²) in [5, 5.41) is 14.0. The molecule has 0 radical (unpaired) electrons. The van der Waals surface area contributed by atoms with Crippen molar-refractivity contribution >= 4 is 29.5 Å². The van der Waals surface area contributed by atoms with Crippen molar-refractivity contribution in [1.29, 1.82) is 0 Å². The van der Waals surface area contributed by atoms with Crippen molar-refractivity contribution in [1.82, 2.24) is 26.6 Å². The van der Waals surface area contributed by atoms with E-state index in [9.17, 15) is 24.0 Å². The van der Waals surface area contributed by atoms with E-state index in [1.807, 2.05) is 50.2 Å². The lowest BCUT2D eigenvalue weighted by molar-refractivity contribution is -0.134. The molecule has 0 fully saturated rings. The van der Waals surface area contributed by atoms with Crippen molar-refractivity contribution in [2.24, 2.45) is 11.7 Å². The molecule has 2 bridgehead atoms. The van der Waals surface area contributed by atoms with Gasteiger partial charge in [0.15, 0.2) is 18.1 Å². The van der Waals surface area contributed by atoms with Crippen LogP contribution in [0.3, 0.4) is 0 Å². The van der Waals surface area contributed by atoms with Gasteiger partial charge in [-0.15, -0.1) is 0 Å². The Kier molecular flexibility index (Phi) is 14.5. The molecule has 0 saturated carbocycles. The Hall–Kier alpha value is -4.65. The predicted molar refractivity (Wildman–Crippen MR) is 176 cm³/mol. The Morgan fingerprint density at radius 2 is 1.68 bits per heavy atom. The van der Waals surface area contributed by atoms with Crippen molar-refractivity contribution in [2.75, 3.05) is 26.8 Å². The van der Waals surface area contributed by atoms with E-state index >= 15 is 0 Å². The van der Waals surface area contributed by atoms with Gasteiger partial charge in [0.2, 0.25) is 23.6 Å². The molecule has 7 N–H and O–H groups in total. The number of carbonyl (C=O) groups is 5. The molecule has 0 aromatic heterocycles. The van der Waals surface area contributed by atoms with Crippen molar-refractivity contribution < 1.29 is 33.4 Å². The summed E-state index contributed by atoms with van der Waals surface area (Å²) in [4.78, 5) is 65.7. The first kappa shape index (κ1) is 36.8. The van der Waals surface area contributed by atoms with Gasteiger partial charge in [0.05, 0.1) is 13.2 Å². The third-order valence-electron chi connectivity index (χ3n) is 7.73. The van der Waals surface area contributed by atoms with Crippen molar-refractivity contribution in [2.45, 2.75) is 77.0 Å². The summed E-state index contributed by atoms with van der Waals surface area (Å²) < 4.78 is 11.1. The molecule has 1 aliphatic heterocycles. The molecular formula is C34H48N6O7. The molecule has 2 aromatic rings. The van der Waals surface area contributed by atoms with Crippen LogP contribution in [-0.2, 0) is 36.8 Å². The summed E-state index contributed by atoms with van der Waals surface area (Å²) in [7, 11) is 1.51. The number of nitrogens with two attached hydrogens (primary N) is 1. The van der Waals surface area contributed by atoms with Gasteiger partial charge < -0.3 is 41.8 Å². The highest BCUT2D eigenvalue weighted by Crippen LogP contribution is 2.28. The zero-order chi connectivity index (χ0) is 34.3. The average molecular weight is 653 g/mol. The first-order valence-electron chi connectivity index (χ1n) is 16.0. The quantitative estimate of drug-likeness (QED) is 0.263. The van der Waals surface area contributed by atoms with Crippen molar-refractivity contribution in [3.63, 3.8) is 0 Å². The number of hydrogen-bond acceptors (Lipinski definition) is 8. The third kappa shape index (κ3) is 11.9. The summed E-state index contributed by atoms with van der Waals surface area (Å²) in [6.07, 6.45) is 1.86. The van der Waals surface area contributed by atoms with Crippen LogP contribution in [-0.4, -0.2) is 80.5 Å². The summed E-state index contributed by atoms with van der Waals surface area (Å²) in [6.45, 7) is 5.46. The van der Waals surface area contributed by atoms with Crippen LogP contribution >= 0.6 is 0 Å². The highest BCUT2D eigenvalue weighted by atomic mass is 16.5. The normalized spacial score (nSPS) is 21.4. The zero-order valence-electron chi connectivity index (χ0n) is 27.6. The molecule has 2 aromatic carbocycles. The maximum Gasteiger partial charge on any atom is 0.257 e. The number of nitrogens with one attached hydrogen (secondary N) is 5. The van der Waals surface area contributed by atoms with E-state index in [4.69, 9.17) is 15.2 Å². The average Bonchev–Trinajstić information content (AvgIpc) is 3.05. The number of rotatable bonds is 6. The number of benzene rings is 2. The molecule has 0 aliphatic carbocycles. The Morgan fingerprint density at radius 1 is 0.957 bits per heavy atom. The summed E-state index contributed by atoms with van der Waals surface area (Å²) in [5.74, 6) is -1.74. The van der Waals surface area contributed by atoms with Gasteiger partial charge in [0.25, 0.3) is 5.91 Å². The first-order valence-corrected chi connectivity index (χ1v) is 16.0. The lowest BCUT2D eigenvalue weighted by Gasteiger charge is -2.27. The second kappa shape index (κ2) is 18.5. The molecule has 4 atom stereocenters. The summed E-state index contributed by atoms with van der Waals surface area (Å²) in [5.41, 5.74) is 7.49. The number of amides is 5. The van der Waals surface area contributed by atoms with Gasteiger partial charge in [0.1, 0.15) is 18.1 Å². The molecule has 13 nitrogen and oxygen atoms in total. The van der Waals surface area contributed by atoms with E-state index in [1.165, 1.54) is 14.0 Å². The minimum absolute atomic E-state index is 0.151. The number of aryl methyl sites for hydroxylation is 1. The fourth-order valence-electron chi connectivity index (χ4n) is 5.02. The molecule has 5 amide bonds. The summed E-state index contributed by atoms with van der Waals surface area (Å²) >= 11 is 0. The van der Waals surface area contributed by atoms with Crippen LogP contribution in [0.5, 0.6) is 11.5 Å². The predicted octanol–water partition coefficient (Wildman–Crippen LogP) is 0.733. The van der Waals surface area contributed by atoms with E-state index < -0.39 is 41.9 Å². The van der Waals surface area contributed by atoms with Crippen LogP contribution in [0, 0.1) is 5.92 Å². The molecule has 1 unspecified atom stereocenters. The van der Waals surface area contributed by atoms with E-state index in [-0.39, 0.29) is 43.7 Å². The monoisotopic (exact) mass is 652 g/mol. The first-order chi connectivity index (χ1) is 22.5. The minimum atomic E-state index is -1.05. The van der Waals surface area contributed by atoms with E-state index in [2.05, 4.69) is 26.6 Å². The third-order valence-corrected chi connectivity index (χ3v) is 7.73. The lowest BCUT2D eigenvalue weighted by Crippen LogP contribution is -2.59. The lowest BCUT2D eigenvalue weighted by atomic mass is 10.00. The number of methoxy groups -OCH3 is 1. The topological polar surface area (TPSA) is 190 Å². The van der Waals surface area contributed by atoms with Crippen LogP contribution in [0.15, 0.2) is 48.5 Å². The van der Waals surface area contributed by atoms with Gasteiger partial charge in [0, 0.05) is 19.5 Å². The van der Waals surface area contributed by atoms with E-state index in [0.717, 1.165) is 11.1 Å². The van der Waals surface area contributed by atoms with Crippen LogP contribution in [0.4, 0.5) is 0 Å². The molecule has 256 valence electrons. The Morgan fingerprint density at radius 3 is 2.36 bits per heavy atom. The molecule has 0 spiro atoms. The molecular weight excluding hydrogens is 604 g/mol. The molecule has 13 heteroatoms. The molecule has 47 heavy (non-hydrogen) atoms. The standard InChI is InChI=1S/C34H48N6O7/c1-21(2)30-34(45)37-17-8-12-24-14-15-27(46-4)28(19-24)47-20-29(41)36-16-9-13-25(38-31(42)22(3)35)32(43)39-26(33(44)40-30)18-23-10-6-5-7-11-23/h5-7,10-11,14-15,19,21-22,25-26,30H,8-9,12-13,16-18,20,35H2,1-4H3,(H,36,41)(H,37,45)(H,38,42)(H,39,43)(H,40,44)/t22-,25?,26-,30+/m0/s1. The SMILES string of the molecule is COc1ccc2cc1OCC(=O)NCCCC(NC(=O)[C@H](C)N)C(=O)N[C@@H](Cc1ccccc1)C(=O)N[C@H](C(C)C)C(=O)NCCC2. The maximum atomic E-state index is 13.7. The van der Waals surface area contributed by atoms with E-state index in [0.29, 0.717) is 37.3 Å². The fourth-order valence-corrected chi connectivity index (χ4v) is 5.02. The van der Waals surface area contributed by atoms with Gasteiger partial charge in [-0.2, -0.15) is 0 Å². The number of ether oxygens (including phenoxy) is 2.